The number of β-amino-alcohol motifs (C(OH)–C–C–N with tert-alkyl or cyclic N) is 1. The summed E-state index contributed by atoms with van der Waals surface area (Å²) in [6.45, 7) is 2.28. The van der Waals surface area contributed by atoms with E-state index in [-0.39, 0.29) is 25.3 Å². The number of nitrogens with zero attached hydrogens (tertiary/aromatic N) is 4. The minimum Gasteiger partial charge on any atom is -0.385 e. The minimum atomic E-state index is -1.03. The molecule has 1 aromatic heterocycles. The maximum Gasteiger partial charge on any atom is 0.187 e. The summed E-state index contributed by atoms with van der Waals surface area (Å²) in [6, 6.07) is 1.92. The van der Waals surface area contributed by atoms with Crippen LogP contribution in [-0.2, 0) is 6.42 Å². The smallest absolute Gasteiger partial charge is 0.187 e. The molecule has 5 nitrogen and oxygen atoms in total. The summed E-state index contributed by atoms with van der Waals surface area (Å²) in [5, 5.41) is 18.4. The fourth-order valence-electron chi connectivity index (χ4n) is 1.94. The average molecular weight is 236 g/mol. The van der Waals surface area contributed by atoms with Crippen LogP contribution in [0.15, 0.2) is 6.33 Å². The lowest BCUT2D eigenvalue weighted by molar-refractivity contribution is 0.0157. The van der Waals surface area contributed by atoms with E-state index in [1.54, 1.807) is 4.90 Å². The Hall–Kier alpha value is -1.74. The number of aromatic nitrogens is 2. The zero-order valence-corrected chi connectivity index (χ0v) is 9.52. The number of nitriles is 1. The topological polar surface area (TPSA) is 73.0 Å². The van der Waals surface area contributed by atoms with Gasteiger partial charge in [0.25, 0.3) is 0 Å². The molecule has 0 saturated carbocycles. The van der Waals surface area contributed by atoms with Gasteiger partial charge in [0.05, 0.1) is 31.3 Å². The highest BCUT2D eigenvalue weighted by atomic mass is 19.1. The molecule has 90 valence electrons. The molecule has 0 unspecified atom stereocenters. The average Bonchev–Trinajstić information content (AvgIpc) is 2.27. The standard InChI is InChI=1S/C11H13FN4O/c1-2-8-9(12)10(15-7-14-8)16-5-11(17,6-16)3-4-13/h7,17H,2-3,5-6H2,1H3. The van der Waals surface area contributed by atoms with Gasteiger partial charge in [0.1, 0.15) is 11.9 Å². The molecule has 1 aromatic rings. The predicted octanol–water partition coefficient (Wildman–Crippen LogP) is 0.643. The third-order valence-corrected chi connectivity index (χ3v) is 2.86. The number of aryl methyl sites for hydroxylation is 1. The largest absolute Gasteiger partial charge is 0.385 e. The summed E-state index contributed by atoms with van der Waals surface area (Å²) >= 11 is 0. The molecule has 1 fully saturated rings. The van der Waals surface area contributed by atoms with Crippen LogP contribution in [0.1, 0.15) is 19.0 Å². The monoisotopic (exact) mass is 236 g/mol. The van der Waals surface area contributed by atoms with Gasteiger partial charge in [0.2, 0.25) is 0 Å². The fraction of sp³-hybridized carbons (Fsp3) is 0.545. The molecule has 0 radical (unpaired) electrons. The molecule has 2 rings (SSSR count). The maximum absolute atomic E-state index is 13.9. The highest BCUT2D eigenvalue weighted by Crippen LogP contribution is 2.30. The molecule has 0 atom stereocenters. The highest BCUT2D eigenvalue weighted by Gasteiger charge is 2.42. The first-order valence-electron chi connectivity index (χ1n) is 5.43. The second kappa shape index (κ2) is 4.26. The first-order chi connectivity index (χ1) is 8.09. The summed E-state index contributed by atoms with van der Waals surface area (Å²) in [6.07, 6.45) is 1.87. The van der Waals surface area contributed by atoms with Crippen molar-refractivity contribution in [3.63, 3.8) is 0 Å². The minimum absolute atomic E-state index is 0.0524. The summed E-state index contributed by atoms with van der Waals surface area (Å²) in [5.74, 6) is -0.228. The Labute approximate surface area is 98.5 Å². The van der Waals surface area contributed by atoms with E-state index in [2.05, 4.69) is 9.97 Å². The van der Waals surface area contributed by atoms with Crippen molar-refractivity contribution in [2.24, 2.45) is 0 Å². The summed E-state index contributed by atoms with van der Waals surface area (Å²) < 4.78 is 13.9. The molecule has 2 heterocycles. The third-order valence-electron chi connectivity index (χ3n) is 2.86. The SMILES string of the molecule is CCc1ncnc(N2CC(O)(CC#N)C2)c1F. The molecule has 0 spiro atoms. The van der Waals surface area contributed by atoms with Gasteiger partial charge in [-0.15, -0.1) is 0 Å². The van der Waals surface area contributed by atoms with Crippen LogP contribution in [0.25, 0.3) is 0 Å². The highest BCUT2D eigenvalue weighted by molar-refractivity contribution is 5.46. The van der Waals surface area contributed by atoms with Crippen molar-refractivity contribution >= 4 is 5.82 Å². The lowest BCUT2D eigenvalue weighted by Gasteiger charge is -2.45. The molecule has 17 heavy (non-hydrogen) atoms. The van der Waals surface area contributed by atoms with Crippen molar-refractivity contribution in [3.8, 4) is 6.07 Å². The van der Waals surface area contributed by atoms with Gasteiger partial charge in [-0.25, -0.2) is 14.4 Å². The number of anilines is 1. The summed E-state index contributed by atoms with van der Waals surface area (Å²) in [4.78, 5) is 9.34. The Morgan fingerprint density at radius 2 is 2.29 bits per heavy atom. The quantitative estimate of drug-likeness (QED) is 0.833. The van der Waals surface area contributed by atoms with Crippen LogP contribution in [0.4, 0.5) is 10.2 Å². The molecule has 0 aliphatic carbocycles. The molecular formula is C11H13FN4O. The zero-order valence-electron chi connectivity index (χ0n) is 9.52. The molecule has 0 amide bonds. The number of hydrogen-bond donors (Lipinski definition) is 1. The second-order valence-corrected chi connectivity index (χ2v) is 4.23. The zero-order chi connectivity index (χ0) is 12.5. The Morgan fingerprint density at radius 3 is 2.88 bits per heavy atom. The van der Waals surface area contributed by atoms with Crippen molar-refractivity contribution in [2.45, 2.75) is 25.4 Å². The Morgan fingerprint density at radius 1 is 1.59 bits per heavy atom. The molecule has 1 aliphatic heterocycles. The van der Waals surface area contributed by atoms with Gasteiger partial charge >= 0.3 is 0 Å². The molecule has 6 heteroatoms. The van der Waals surface area contributed by atoms with Crippen molar-refractivity contribution in [1.82, 2.24) is 9.97 Å². The molecule has 0 bridgehead atoms. The Bertz CT molecular complexity index is 465. The third kappa shape index (κ3) is 2.06. The van der Waals surface area contributed by atoms with Crippen molar-refractivity contribution < 1.29 is 9.50 Å². The molecular weight excluding hydrogens is 223 g/mol. The van der Waals surface area contributed by atoms with Gasteiger partial charge in [0.15, 0.2) is 11.6 Å². The van der Waals surface area contributed by atoms with Crippen molar-refractivity contribution in [2.75, 3.05) is 18.0 Å². The van der Waals surface area contributed by atoms with E-state index in [0.717, 1.165) is 0 Å². The van der Waals surface area contributed by atoms with E-state index >= 15 is 0 Å². The van der Waals surface area contributed by atoms with Gasteiger partial charge < -0.3 is 10.0 Å². The van der Waals surface area contributed by atoms with Crippen molar-refractivity contribution in [3.05, 3.63) is 17.8 Å². The number of rotatable bonds is 3. The van der Waals surface area contributed by atoms with Crippen LogP contribution < -0.4 is 4.90 Å². The number of hydrogen-bond acceptors (Lipinski definition) is 5. The molecule has 1 N–H and O–H groups in total. The van der Waals surface area contributed by atoms with Crippen LogP contribution in [0, 0.1) is 17.1 Å². The van der Waals surface area contributed by atoms with Crippen LogP contribution in [-0.4, -0.2) is 33.8 Å². The van der Waals surface area contributed by atoms with Crippen molar-refractivity contribution in [1.29, 1.82) is 5.26 Å². The van der Waals surface area contributed by atoms with E-state index in [1.807, 2.05) is 13.0 Å². The lowest BCUT2D eigenvalue weighted by atomic mass is 9.91. The summed E-state index contributed by atoms with van der Waals surface area (Å²) in [5.41, 5.74) is -0.663. The molecule has 1 saturated heterocycles. The van der Waals surface area contributed by atoms with Gasteiger partial charge in [-0.1, -0.05) is 6.92 Å². The van der Waals surface area contributed by atoms with Gasteiger partial charge in [-0.3, -0.25) is 0 Å². The van der Waals surface area contributed by atoms with E-state index in [4.69, 9.17) is 5.26 Å². The van der Waals surface area contributed by atoms with E-state index in [0.29, 0.717) is 12.1 Å². The predicted molar refractivity (Wildman–Crippen MR) is 58.8 cm³/mol. The van der Waals surface area contributed by atoms with Gasteiger partial charge in [0, 0.05) is 0 Å². The van der Waals surface area contributed by atoms with Crippen LogP contribution in [0.3, 0.4) is 0 Å². The van der Waals surface area contributed by atoms with Crippen LogP contribution in [0.5, 0.6) is 0 Å². The molecule has 0 aromatic carbocycles. The van der Waals surface area contributed by atoms with E-state index < -0.39 is 11.4 Å². The Balaban J connectivity index is 2.14. The molecule has 1 aliphatic rings. The van der Waals surface area contributed by atoms with Gasteiger partial charge in [-0.2, -0.15) is 5.26 Å². The lowest BCUT2D eigenvalue weighted by Crippen LogP contribution is -2.62. The first kappa shape index (κ1) is 11.7. The number of aliphatic hydroxyl groups is 1. The van der Waals surface area contributed by atoms with E-state index in [9.17, 15) is 9.50 Å². The van der Waals surface area contributed by atoms with Crippen LogP contribution >= 0.6 is 0 Å². The first-order valence-corrected chi connectivity index (χ1v) is 5.43. The Kier molecular flexibility index (Phi) is 2.94. The van der Waals surface area contributed by atoms with Crippen LogP contribution in [0.2, 0.25) is 0 Å². The normalized spacial score (nSPS) is 17.4. The van der Waals surface area contributed by atoms with Gasteiger partial charge in [-0.05, 0) is 6.42 Å². The van der Waals surface area contributed by atoms with E-state index in [1.165, 1.54) is 6.33 Å². The fourth-order valence-corrected chi connectivity index (χ4v) is 1.94. The maximum atomic E-state index is 13.9. The summed E-state index contributed by atoms with van der Waals surface area (Å²) in [7, 11) is 0. The number of halogens is 1. The second-order valence-electron chi connectivity index (χ2n) is 4.23.